The van der Waals surface area contributed by atoms with Crippen LogP contribution in [0.25, 0.3) is 0 Å². The Morgan fingerprint density at radius 2 is 1.95 bits per heavy atom. The first-order valence-electron chi connectivity index (χ1n) is 5.81. The Bertz CT molecular complexity index is 585. The van der Waals surface area contributed by atoms with Crippen LogP contribution >= 0.6 is 0 Å². The number of hydrogen-bond acceptors (Lipinski definition) is 3. The van der Waals surface area contributed by atoms with Gasteiger partial charge in [-0.05, 0) is 39.0 Å². The highest BCUT2D eigenvalue weighted by molar-refractivity contribution is 7.89. The first-order chi connectivity index (χ1) is 8.66. The number of primary sulfonamides is 1. The van der Waals surface area contributed by atoms with E-state index in [-0.39, 0.29) is 11.6 Å². The van der Waals surface area contributed by atoms with Gasteiger partial charge in [-0.25, -0.2) is 17.9 Å². The summed E-state index contributed by atoms with van der Waals surface area (Å²) < 4.78 is 35.8. The van der Waals surface area contributed by atoms with Crippen molar-refractivity contribution in [3.05, 3.63) is 29.6 Å². The van der Waals surface area contributed by atoms with Crippen LogP contribution in [0.1, 0.15) is 31.1 Å². The van der Waals surface area contributed by atoms with E-state index in [1.165, 1.54) is 4.90 Å². The van der Waals surface area contributed by atoms with Gasteiger partial charge < -0.3 is 4.90 Å². The molecule has 0 saturated carbocycles. The van der Waals surface area contributed by atoms with E-state index in [2.05, 4.69) is 0 Å². The molecule has 1 aromatic carbocycles. The van der Waals surface area contributed by atoms with Crippen LogP contribution in [0.5, 0.6) is 0 Å². The second-order valence-corrected chi connectivity index (χ2v) is 5.97. The maximum Gasteiger partial charge on any atom is 0.254 e. The number of carbonyl (C=O) groups excluding carboxylic acids is 1. The summed E-state index contributed by atoms with van der Waals surface area (Å²) in [5.41, 5.74) is -0.0282. The van der Waals surface area contributed by atoms with Gasteiger partial charge in [0.15, 0.2) is 0 Å². The molecule has 1 rings (SSSR count). The molecule has 7 heteroatoms. The zero-order valence-electron chi connectivity index (χ0n) is 11.1. The molecule has 0 aliphatic carbocycles. The summed E-state index contributed by atoms with van der Waals surface area (Å²) in [5, 5.41) is 4.94. The highest BCUT2D eigenvalue weighted by Gasteiger charge is 2.20. The van der Waals surface area contributed by atoms with Crippen LogP contribution in [0.2, 0.25) is 0 Å². The zero-order valence-corrected chi connectivity index (χ0v) is 11.9. The fourth-order valence-corrected chi connectivity index (χ4v) is 2.33. The number of hydrogen-bond donors (Lipinski definition) is 1. The summed E-state index contributed by atoms with van der Waals surface area (Å²) in [6.07, 6.45) is 0. The molecule has 2 N–H and O–H groups in total. The van der Waals surface area contributed by atoms with Gasteiger partial charge in [-0.1, -0.05) is 0 Å². The SMILES string of the molecule is CCN(C(=O)c1cc(F)cc(S(N)(=O)=O)c1)C(C)C. The number of benzene rings is 1. The Morgan fingerprint density at radius 3 is 2.37 bits per heavy atom. The standard InChI is InChI=1S/C12H17FN2O3S/c1-4-15(8(2)3)12(16)9-5-10(13)7-11(6-9)19(14,17)18/h5-8H,4H2,1-3H3,(H2,14,17,18). The lowest BCUT2D eigenvalue weighted by molar-refractivity contribution is 0.0716. The average Bonchev–Trinajstić information content (AvgIpc) is 2.27. The van der Waals surface area contributed by atoms with Crippen LogP contribution in [-0.4, -0.2) is 31.8 Å². The van der Waals surface area contributed by atoms with E-state index in [4.69, 9.17) is 5.14 Å². The van der Waals surface area contributed by atoms with Gasteiger partial charge in [0, 0.05) is 18.2 Å². The van der Waals surface area contributed by atoms with Gasteiger partial charge in [0.25, 0.3) is 5.91 Å². The number of sulfonamides is 1. The maximum absolute atomic E-state index is 13.4. The van der Waals surface area contributed by atoms with Crippen molar-refractivity contribution in [2.75, 3.05) is 6.54 Å². The van der Waals surface area contributed by atoms with E-state index < -0.39 is 26.6 Å². The Balaban J connectivity index is 3.28. The smallest absolute Gasteiger partial charge is 0.254 e. The fourth-order valence-electron chi connectivity index (χ4n) is 1.76. The zero-order chi connectivity index (χ0) is 14.8. The minimum absolute atomic E-state index is 0.0282. The number of nitrogens with two attached hydrogens (primary N) is 1. The van der Waals surface area contributed by atoms with Gasteiger partial charge in [-0.3, -0.25) is 4.79 Å². The molecule has 0 saturated heterocycles. The molecule has 5 nitrogen and oxygen atoms in total. The third-order valence-electron chi connectivity index (χ3n) is 2.67. The second-order valence-electron chi connectivity index (χ2n) is 4.41. The van der Waals surface area contributed by atoms with Crippen molar-refractivity contribution in [1.29, 1.82) is 0 Å². The lowest BCUT2D eigenvalue weighted by Gasteiger charge is -2.25. The molecule has 0 spiro atoms. The van der Waals surface area contributed by atoms with Crippen LogP contribution < -0.4 is 5.14 Å². The average molecular weight is 288 g/mol. The Kier molecular flexibility index (Phi) is 4.65. The summed E-state index contributed by atoms with van der Waals surface area (Å²) in [6, 6.07) is 2.81. The van der Waals surface area contributed by atoms with Crippen LogP contribution in [0.15, 0.2) is 23.1 Å². The van der Waals surface area contributed by atoms with Gasteiger partial charge in [-0.2, -0.15) is 0 Å². The Hall–Kier alpha value is -1.47. The molecular weight excluding hydrogens is 271 g/mol. The van der Waals surface area contributed by atoms with Crippen molar-refractivity contribution in [2.45, 2.75) is 31.7 Å². The van der Waals surface area contributed by atoms with Crippen molar-refractivity contribution in [1.82, 2.24) is 4.90 Å². The molecule has 0 bridgehead atoms. The van der Waals surface area contributed by atoms with Crippen molar-refractivity contribution in [2.24, 2.45) is 5.14 Å². The topological polar surface area (TPSA) is 80.5 Å². The van der Waals surface area contributed by atoms with E-state index in [1.54, 1.807) is 6.92 Å². The highest BCUT2D eigenvalue weighted by Crippen LogP contribution is 2.16. The highest BCUT2D eigenvalue weighted by atomic mass is 32.2. The number of halogens is 1. The second kappa shape index (κ2) is 5.66. The van der Waals surface area contributed by atoms with Gasteiger partial charge in [0.2, 0.25) is 10.0 Å². The molecule has 0 atom stereocenters. The third kappa shape index (κ3) is 3.74. The molecule has 0 aliphatic rings. The van der Waals surface area contributed by atoms with E-state index in [9.17, 15) is 17.6 Å². The van der Waals surface area contributed by atoms with Crippen molar-refractivity contribution in [3.8, 4) is 0 Å². The molecule has 106 valence electrons. The van der Waals surface area contributed by atoms with Crippen LogP contribution in [0.4, 0.5) is 4.39 Å². The van der Waals surface area contributed by atoms with Gasteiger partial charge in [0.1, 0.15) is 5.82 Å². The normalized spacial score (nSPS) is 11.7. The summed E-state index contributed by atoms with van der Waals surface area (Å²) in [4.78, 5) is 13.3. The first-order valence-corrected chi connectivity index (χ1v) is 7.35. The molecule has 1 amide bonds. The predicted octanol–water partition coefficient (Wildman–Crippen LogP) is 1.34. The van der Waals surface area contributed by atoms with Crippen LogP contribution in [0.3, 0.4) is 0 Å². The van der Waals surface area contributed by atoms with Gasteiger partial charge in [-0.15, -0.1) is 0 Å². The Labute approximate surface area is 112 Å². The molecule has 0 heterocycles. The Morgan fingerprint density at radius 1 is 1.37 bits per heavy atom. The fraction of sp³-hybridized carbons (Fsp3) is 0.417. The van der Waals surface area contributed by atoms with Gasteiger partial charge in [0.05, 0.1) is 4.90 Å². The van der Waals surface area contributed by atoms with Crippen LogP contribution in [0, 0.1) is 5.82 Å². The maximum atomic E-state index is 13.4. The van der Waals surface area contributed by atoms with Crippen molar-refractivity contribution >= 4 is 15.9 Å². The summed E-state index contributed by atoms with van der Waals surface area (Å²) in [7, 11) is -4.04. The molecule has 0 aromatic heterocycles. The van der Waals surface area contributed by atoms with Crippen molar-refractivity contribution in [3.63, 3.8) is 0 Å². The molecule has 0 aliphatic heterocycles. The largest absolute Gasteiger partial charge is 0.336 e. The third-order valence-corrected chi connectivity index (χ3v) is 3.56. The predicted molar refractivity (Wildman–Crippen MR) is 69.6 cm³/mol. The molecular formula is C12H17FN2O3S. The van der Waals surface area contributed by atoms with E-state index >= 15 is 0 Å². The molecule has 0 fully saturated rings. The van der Waals surface area contributed by atoms with Gasteiger partial charge >= 0.3 is 0 Å². The molecule has 19 heavy (non-hydrogen) atoms. The van der Waals surface area contributed by atoms with Crippen molar-refractivity contribution < 1.29 is 17.6 Å². The minimum Gasteiger partial charge on any atom is -0.336 e. The number of amides is 1. The number of carbonyl (C=O) groups is 1. The summed E-state index contributed by atoms with van der Waals surface area (Å²) in [6.45, 7) is 5.87. The lowest BCUT2D eigenvalue weighted by Crippen LogP contribution is -2.36. The molecule has 0 radical (unpaired) electrons. The lowest BCUT2D eigenvalue weighted by atomic mass is 10.1. The van der Waals surface area contributed by atoms with Crippen LogP contribution in [-0.2, 0) is 10.0 Å². The number of rotatable bonds is 4. The first kappa shape index (κ1) is 15.6. The summed E-state index contributed by atoms with van der Waals surface area (Å²) in [5.74, 6) is -1.24. The minimum atomic E-state index is -4.04. The van der Waals surface area contributed by atoms with E-state index in [0.29, 0.717) is 6.54 Å². The number of nitrogens with zero attached hydrogens (tertiary/aromatic N) is 1. The van der Waals surface area contributed by atoms with E-state index in [0.717, 1.165) is 18.2 Å². The molecule has 0 unspecified atom stereocenters. The molecule has 1 aromatic rings. The quantitative estimate of drug-likeness (QED) is 0.908. The van der Waals surface area contributed by atoms with E-state index in [1.807, 2.05) is 13.8 Å². The summed E-state index contributed by atoms with van der Waals surface area (Å²) >= 11 is 0. The monoisotopic (exact) mass is 288 g/mol.